The van der Waals surface area contributed by atoms with Crippen LogP contribution in [0.1, 0.15) is 34.1 Å². The number of hydrogen-bond acceptors (Lipinski definition) is 7. The van der Waals surface area contributed by atoms with Crippen molar-refractivity contribution in [3.8, 4) is 5.75 Å². The molecule has 1 aliphatic rings. The Kier molecular flexibility index (Phi) is 5.62. The van der Waals surface area contributed by atoms with E-state index in [4.69, 9.17) is 10.5 Å². The van der Waals surface area contributed by atoms with Crippen LogP contribution in [0.2, 0.25) is 0 Å². The predicted octanol–water partition coefficient (Wildman–Crippen LogP) is 2.60. The van der Waals surface area contributed by atoms with Gasteiger partial charge in [0.15, 0.2) is 5.72 Å². The molecule has 3 rings (SSSR count). The molecule has 148 valence electrons. The number of amides is 1. The molecular formula is C20H24N4O3S. The number of aliphatic hydroxyl groups is 1. The fraction of sp³-hybridized carbons (Fsp3) is 0.350. The average Bonchev–Trinajstić information content (AvgIpc) is 2.66. The molecule has 1 aromatic carbocycles. The first kappa shape index (κ1) is 20.2. The fourth-order valence-electron chi connectivity index (χ4n) is 3.46. The highest BCUT2D eigenvalue weighted by molar-refractivity contribution is 7.98. The molecule has 7 nitrogen and oxygen atoms in total. The zero-order valence-electron chi connectivity index (χ0n) is 16.4. The van der Waals surface area contributed by atoms with Crippen LogP contribution < -0.4 is 10.5 Å². The molecule has 0 bridgehead atoms. The van der Waals surface area contributed by atoms with Crippen LogP contribution in [0.5, 0.6) is 5.75 Å². The molecule has 3 N–H and O–H groups in total. The van der Waals surface area contributed by atoms with Gasteiger partial charge in [-0.15, -0.1) is 11.8 Å². The van der Waals surface area contributed by atoms with Crippen molar-refractivity contribution in [1.29, 1.82) is 0 Å². The third-order valence-electron chi connectivity index (χ3n) is 4.89. The van der Waals surface area contributed by atoms with E-state index in [0.29, 0.717) is 34.9 Å². The number of benzene rings is 1. The van der Waals surface area contributed by atoms with E-state index in [-0.39, 0.29) is 5.56 Å². The number of nitrogens with zero attached hydrogens (tertiary/aromatic N) is 3. The molecule has 1 aliphatic heterocycles. The number of aromatic nitrogens is 1. The van der Waals surface area contributed by atoms with Gasteiger partial charge in [-0.3, -0.25) is 4.79 Å². The van der Waals surface area contributed by atoms with Crippen LogP contribution in [0.3, 0.4) is 0 Å². The summed E-state index contributed by atoms with van der Waals surface area (Å²) >= 11 is 1.33. The van der Waals surface area contributed by atoms with Gasteiger partial charge in [-0.25, -0.2) is 9.98 Å². The molecule has 1 atom stereocenters. The highest BCUT2D eigenvalue weighted by Gasteiger charge is 2.39. The predicted molar refractivity (Wildman–Crippen MR) is 110 cm³/mol. The summed E-state index contributed by atoms with van der Waals surface area (Å²) in [5.74, 6) is 0.184. The Hall–Kier alpha value is -2.58. The number of nitrogens with two attached hydrogens (primary N) is 1. The van der Waals surface area contributed by atoms with Crippen molar-refractivity contribution < 1.29 is 14.6 Å². The van der Waals surface area contributed by atoms with Crippen molar-refractivity contribution in [1.82, 2.24) is 9.88 Å². The number of carbonyl (C=O) groups excluding carboxylic acids is 1. The minimum atomic E-state index is -1.37. The first-order chi connectivity index (χ1) is 13.3. The van der Waals surface area contributed by atoms with Crippen LogP contribution in [0.25, 0.3) is 0 Å². The van der Waals surface area contributed by atoms with E-state index in [1.165, 1.54) is 11.8 Å². The van der Waals surface area contributed by atoms with Gasteiger partial charge in [0, 0.05) is 12.2 Å². The van der Waals surface area contributed by atoms with E-state index < -0.39 is 11.6 Å². The Morgan fingerprint density at radius 3 is 2.82 bits per heavy atom. The van der Waals surface area contributed by atoms with Crippen molar-refractivity contribution in [2.24, 2.45) is 10.7 Å². The number of carbonyl (C=O) groups is 1. The van der Waals surface area contributed by atoms with Crippen molar-refractivity contribution in [3.05, 3.63) is 46.6 Å². The lowest BCUT2D eigenvalue weighted by Gasteiger charge is -2.40. The maximum absolute atomic E-state index is 12.0. The summed E-state index contributed by atoms with van der Waals surface area (Å²) in [6.45, 7) is 4.01. The van der Waals surface area contributed by atoms with Crippen LogP contribution in [0.4, 0.5) is 5.69 Å². The number of fused-ring (bicyclic) bond motifs is 1. The standard InChI is InChI=1S/C20H24N4O3S/c1-12-16-17(15(18(21)25)19(23-12)28-4)22-11-24(20(16,2)26)9-8-13-6-5-7-14(10-13)27-3/h5-7,10-11,26H,8-9H2,1-4H3,(H2,21,25). The number of aryl methyl sites for hydroxylation is 1. The second-order valence-electron chi connectivity index (χ2n) is 6.73. The second-order valence-corrected chi connectivity index (χ2v) is 7.52. The SMILES string of the molecule is COc1cccc(CCN2C=Nc3c(C(N)=O)c(SC)nc(C)c3C2(C)O)c1. The molecule has 0 radical (unpaired) electrons. The smallest absolute Gasteiger partial charge is 0.253 e. The lowest BCUT2D eigenvalue weighted by atomic mass is 9.95. The van der Waals surface area contributed by atoms with E-state index in [1.54, 1.807) is 32.2 Å². The third kappa shape index (κ3) is 3.57. The Balaban J connectivity index is 1.95. The van der Waals surface area contributed by atoms with Gasteiger partial charge < -0.3 is 20.5 Å². The van der Waals surface area contributed by atoms with Gasteiger partial charge >= 0.3 is 0 Å². The van der Waals surface area contributed by atoms with Gasteiger partial charge in [0.1, 0.15) is 10.8 Å². The maximum Gasteiger partial charge on any atom is 0.253 e. The largest absolute Gasteiger partial charge is 0.497 e. The van der Waals surface area contributed by atoms with Crippen LogP contribution in [0.15, 0.2) is 34.3 Å². The van der Waals surface area contributed by atoms with E-state index >= 15 is 0 Å². The van der Waals surface area contributed by atoms with Crippen molar-refractivity contribution >= 4 is 29.7 Å². The first-order valence-electron chi connectivity index (χ1n) is 8.84. The van der Waals surface area contributed by atoms with Gasteiger partial charge in [-0.1, -0.05) is 12.1 Å². The summed E-state index contributed by atoms with van der Waals surface area (Å²) in [6.07, 6.45) is 4.08. The molecule has 0 aliphatic carbocycles. The van der Waals surface area contributed by atoms with Crippen LogP contribution in [-0.4, -0.2) is 47.1 Å². The molecule has 1 amide bonds. The zero-order valence-corrected chi connectivity index (χ0v) is 17.2. The Morgan fingerprint density at radius 1 is 1.43 bits per heavy atom. The quantitative estimate of drug-likeness (QED) is 0.723. The molecule has 0 spiro atoms. The number of aliphatic imine (C=N–C) groups is 1. The lowest BCUT2D eigenvalue weighted by molar-refractivity contribution is -0.0583. The number of rotatable bonds is 6. The molecule has 0 fully saturated rings. The number of ether oxygens (including phenoxy) is 1. The number of hydrogen-bond donors (Lipinski definition) is 2. The minimum absolute atomic E-state index is 0.247. The highest BCUT2D eigenvalue weighted by atomic mass is 32.2. The summed E-state index contributed by atoms with van der Waals surface area (Å²) < 4.78 is 5.26. The zero-order chi connectivity index (χ0) is 20.5. The van der Waals surface area contributed by atoms with Crippen molar-refractivity contribution in [3.63, 3.8) is 0 Å². The summed E-state index contributed by atoms with van der Waals surface area (Å²) in [5.41, 5.74) is 7.06. The topological polar surface area (TPSA) is 101 Å². The van der Waals surface area contributed by atoms with Crippen molar-refractivity contribution in [2.45, 2.75) is 31.0 Å². The molecule has 1 aromatic heterocycles. The Labute approximate surface area is 168 Å². The van der Waals surface area contributed by atoms with Gasteiger partial charge in [0.05, 0.1) is 30.3 Å². The molecule has 2 aromatic rings. The summed E-state index contributed by atoms with van der Waals surface area (Å²) in [6, 6.07) is 7.80. The molecule has 1 unspecified atom stereocenters. The van der Waals surface area contributed by atoms with E-state index in [2.05, 4.69) is 9.98 Å². The number of primary amides is 1. The number of methoxy groups -OCH3 is 1. The fourth-order valence-corrected chi connectivity index (χ4v) is 4.09. The molecule has 8 heteroatoms. The van der Waals surface area contributed by atoms with Crippen LogP contribution in [0, 0.1) is 6.92 Å². The summed E-state index contributed by atoms with van der Waals surface area (Å²) in [4.78, 5) is 22.7. The van der Waals surface area contributed by atoms with E-state index in [1.807, 2.05) is 30.5 Å². The Bertz CT molecular complexity index is 943. The maximum atomic E-state index is 12.0. The number of pyridine rings is 1. The molecule has 0 saturated heterocycles. The minimum Gasteiger partial charge on any atom is -0.497 e. The molecule has 28 heavy (non-hydrogen) atoms. The second kappa shape index (κ2) is 7.81. The Morgan fingerprint density at radius 2 is 2.18 bits per heavy atom. The molecular weight excluding hydrogens is 376 g/mol. The average molecular weight is 401 g/mol. The van der Waals surface area contributed by atoms with E-state index in [0.717, 1.165) is 11.3 Å². The monoisotopic (exact) mass is 400 g/mol. The van der Waals surface area contributed by atoms with Gasteiger partial charge in [-0.05, 0) is 44.2 Å². The molecule has 2 heterocycles. The van der Waals surface area contributed by atoms with E-state index in [9.17, 15) is 9.90 Å². The van der Waals surface area contributed by atoms with Crippen molar-refractivity contribution in [2.75, 3.05) is 19.9 Å². The summed E-state index contributed by atoms with van der Waals surface area (Å²) in [5, 5.41) is 11.8. The highest BCUT2D eigenvalue weighted by Crippen LogP contribution is 2.42. The van der Waals surface area contributed by atoms with Crippen LogP contribution in [-0.2, 0) is 12.1 Å². The van der Waals surface area contributed by atoms with Gasteiger partial charge in [-0.2, -0.15) is 0 Å². The normalized spacial score (nSPS) is 18.1. The van der Waals surface area contributed by atoms with Gasteiger partial charge in [0.2, 0.25) is 0 Å². The third-order valence-corrected chi connectivity index (χ3v) is 5.58. The summed E-state index contributed by atoms with van der Waals surface area (Å²) in [7, 11) is 1.63. The van der Waals surface area contributed by atoms with Crippen LogP contribution >= 0.6 is 11.8 Å². The first-order valence-corrected chi connectivity index (χ1v) is 10.1. The van der Waals surface area contributed by atoms with Gasteiger partial charge in [0.25, 0.3) is 5.91 Å². The number of thioether (sulfide) groups is 1. The molecule has 0 saturated carbocycles. The lowest BCUT2D eigenvalue weighted by Crippen LogP contribution is -2.46.